The summed E-state index contributed by atoms with van der Waals surface area (Å²) in [6.07, 6.45) is 1.96. The highest BCUT2D eigenvalue weighted by molar-refractivity contribution is 5.94. The number of fused-ring (bicyclic) bond motifs is 1. The lowest BCUT2D eigenvalue weighted by atomic mass is 9.98. The van der Waals surface area contributed by atoms with Crippen LogP contribution < -0.4 is 5.32 Å². The van der Waals surface area contributed by atoms with Crippen molar-refractivity contribution in [1.82, 2.24) is 15.2 Å². The largest absolute Gasteiger partial charge is 0.478 e. The summed E-state index contributed by atoms with van der Waals surface area (Å²) >= 11 is 0. The lowest BCUT2D eigenvalue weighted by molar-refractivity contribution is 0.0694. The third-order valence-electron chi connectivity index (χ3n) is 5.19. The first-order valence-electron chi connectivity index (χ1n) is 9.29. The zero-order valence-electron chi connectivity index (χ0n) is 15.7. The minimum absolute atomic E-state index is 0.116. The molecule has 2 aromatic rings. The number of nitrogens with one attached hydrogen (secondary N) is 1. The van der Waals surface area contributed by atoms with E-state index in [1.54, 1.807) is 6.92 Å². The second kappa shape index (κ2) is 8.31. The Hall–Kier alpha value is -2.73. The van der Waals surface area contributed by atoms with Gasteiger partial charge in [-0.05, 0) is 43.0 Å². The molecule has 142 valence electrons. The molecule has 1 amide bonds. The molecule has 0 radical (unpaired) electrons. The molecule has 3 rings (SSSR count). The summed E-state index contributed by atoms with van der Waals surface area (Å²) in [6, 6.07) is 11.6. The van der Waals surface area contributed by atoms with Crippen molar-refractivity contribution in [3.05, 3.63) is 64.5 Å². The standard InChI is InChI=1S/C21H25N3O3/c1-3-17(24-11-10-15-6-4-5-7-16(15)13-24)12-22-20(25)19-9-8-18(21(26)27)14(2)23-19/h4-9,17H,3,10-13H2,1-2H3,(H,22,25)(H,26,27). The molecule has 0 aliphatic carbocycles. The molecule has 1 unspecified atom stereocenters. The number of hydrogen-bond donors (Lipinski definition) is 2. The van der Waals surface area contributed by atoms with Gasteiger partial charge in [-0.1, -0.05) is 31.2 Å². The van der Waals surface area contributed by atoms with Crippen molar-refractivity contribution in [1.29, 1.82) is 0 Å². The molecule has 0 spiro atoms. The molecule has 1 atom stereocenters. The molecule has 2 heterocycles. The van der Waals surface area contributed by atoms with Crippen LogP contribution in [0.4, 0.5) is 0 Å². The summed E-state index contributed by atoms with van der Waals surface area (Å²) in [5.41, 5.74) is 3.47. The number of carboxylic acids is 1. The normalized spacial score (nSPS) is 15.0. The number of aryl methyl sites for hydroxylation is 1. The van der Waals surface area contributed by atoms with Crippen molar-refractivity contribution >= 4 is 11.9 Å². The highest BCUT2D eigenvalue weighted by Gasteiger charge is 2.23. The predicted octanol–water partition coefficient (Wildman–Crippen LogP) is 2.65. The van der Waals surface area contributed by atoms with Gasteiger partial charge in [0, 0.05) is 25.7 Å². The number of aromatic nitrogens is 1. The van der Waals surface area contributed by atoms with Gasteiger partial charge in [0.1, 0.15) is 5.69 Å². The second-order valence-corrected chi connectivity index (χ2v) is 6.90. The molecule has 1 aliphatic rings. The van der Waals surface area contributed by atoms with Crippen molar-refractivity contribution in [2.24, 2.45) is 0 Å². The van der Waals surface area contributed by atoms with Gasteiger partial charge in [0.15, 0.2) is 0 Å². The zero-order valence-corrected chi connectivity index (χ0v) is 15.7. The van der Waals surface area contributed by atoms with E-state index in [0.717, 1.165) is 25.9 Å². The van der Waals surface area contributed by atoms with Crippen molar-refractivity contribution in [2.75, 3.05) is 13.1 Å². The van der Waals surface area contributed by atoms with E-state index in [0.29, 0.717) is 12.2 Å². The molecule has 1 aliphatic heterocycles. The number of hydrogen-bond acceptors (Lipinski definition) is 4. The topological polar surface area (TPSA) is 82.5 Å². The average molecular weight is 367 g/mol. The Kier molecular flexibility index (Phi) is 5.86. The van der Waals surface area contributed by atoms with E-state index in [1.807, 2.05) is 0 Å². The SMILES string of the molecule is CCC(CNC(=O)c1ccc(C(=O)O)c(C)n1)N1CCc2ccccc2C1. The quantitative estimate of drug-likeness (QED) is 0.820. The van der Waals surface area contributed by atoms with E-state index >= 15 is 0 Å². The van der Waals surface area contributed by atoms with Crippen molar-refractivity contribution in [3.8, 4) is 0 Å². The van der Waals surface area contributed by atoms with Crippen LogP contribution in [-0.2, 0) is 13.0 Å². The molecule has 0 saturated heterocycles. The summed E-state index contributed by atoms with van der Waals surface area (Å²) in [7, 11) is 0. The number of carboxylic acid groups (broad SMARTS) is 1. The molecule has 0 bridgehead atoms. The maximum absolute atomic E-state index is 12.4. The van der Waals surface area contributed by atoms with Gasteiger partial charge in [0.2, 0.25) is 0 Å². The molecule has 0 saturated carbocycles. The molecule has 6 nitrogen and oxygen atoms in total. The van der Waals surface area contributed by atoms with Gasteiger partial charge in [-0.2, -0.15) is 0 Å². The van der Waals surface area contributed by atoms with Crippen LogP contribution >= 0.6 is 0 Å². The smallest absolute Gasteiger partial charge is 0.337 e. The fourth-order valence-corrected chi connectivity index (χ4v) is 3.58. The van der Waals surface area contributed by atoms with Crippen LogP contribution in [-0.4, -0.2) is 46.0 Å². The maximum Gasteiger partial charge on any atom is 0.337 e. The predicted molar refractivity (Wildman–Crippen MR) is 103 cm³/mol. The number of carbonyl (C=O) groups is 2. The lowest BCUT2D eigenvalue weighted by Gasteiger charge is -2.35. The van der Waals surface area contributed by atoms with Crippen molar-refractivity contribution in [3.63, 3.8) is 0 Å². The van der Waals surface area contributed by atoms with E-state index in [-0.39, 0.29) is 23.2 Å². The molecule has 0 fully saturated rings. The van der Waals surface area contributed by atoms with Gasteiger partial charge in [0.05, 0.1) is 11.3 Å². The fraction of sp³-hybridized carbons (Fsp3) is 0.381. The van der Waals surface area contributed by atoms with Crippen LogP contribution in [0.1, 0.15) is 51.0 Å². The van der Waals surface area contributed by atoms with Crippen molar-refractivity contribution in [2.45, 2.75) is 39.3 Å². The second-order valence-electron chi connectivity index (χ2n) is 6.90. The van der Waals surface area contributed by atoms with Crippen LogP contribution in [0.15, 0.2) is 36.4 Å². The maximum atomic E-state index is 12.4. The number of pyridine rings is 1. The first-order chi connectivity index (χ1) is 13.0. The van der Waals surface area contributed by atoms with Crippen LogP contribution in [0.2, 0.25) is 0 Å². The molecule has 27 heavy (non-hydrogen) atoms. The first-order valence-corrected chi connectivity index (χ1v) is 9.29. The van der Waals surface area contributed by atoms with Gasteiger partial charge in [-0.25, -0.2) is 9.78 Å². The molecular weight excluding hydrogens is 342 g/mol. The van der Waals surface area contributed by atoms with Crippen LogP contribution in [0.3, 0.4) is 0 Å². The van der Waals surface area contributed by atoms with Crippen molar-refractivity contribution < 1.29 is 14.7 Å². The van der Waals surface area contributed by atoms with Crippen LogP contribution in [0, 0.1) is 6.92 Å². The Morgan fingerprint density at radius 3 is 2.63 bits per heavy atom. The summed E-state index contributed by atoms with van der Waals surface area (Å²) in [5.74, 6) is -1.31. The number of nitrogens with zero attached hydrogens (tertiary/aromatic N) is 2. The van der Waals surface area contributed by atoms with Gasteiger partial charge >= 0.3 is 5.97 Å². The Morgan fingerprint density at radius 2 is 1.96 bits per heavy atom. The minimum Gasteiger partial charge on any atom is -0.478 e. The number of rotatable bonds is 6. The third-order valence-corrected chi connectivity index (χ3v) is 5.19. The zero-order chi connectivity index (χ0) is 19.4. The molecular formula is C21H25N3O3. The summed E-state index contributed by atoms with van der Waals surface area (Å²) < 4.78 is 0. The highest BCUT2D eigenvalue weighted by Crippen LogP contribution is 2.21. The van der Waals surface area contributed by atoms with E-state index in [2.05, 4.69) is 46.4 Å². The van der Waals surface area contributed by atoms with Gasteiger partial charge in [0.25, 0.3) is 5.91 Å². The number of amides is 1. The molecule has 1 aromatic heterocycles. The summed E-state index contributed by atoms with van der Waals surface area (Å²) in [6.45, 7) is 6.14. The molecule has 1 aromatic carbocycles. The van der Waals surface area contributed by atoms with Crippen LogP contribution in [0.5, 0.6) is 0 Å². The number of carbonyl (C=O) groups excluding carboxylic acids is 1. The van der Waals surface area contributed by atoms with Crippen LogP contribution in [0.25, 0.3) is 0 Å². The Morgan fingerprint density at radius 1 is 1.22 bits per heavy atom. The minimum atomic E-state index is -1.04. The summed E-state index contributed by atoms with van der Waals surface area (Å²) in [5, 5.41) is 12.0. The number of benzene rings is 1. The molecule has 6 heteroatoms. The Bertz CT molecular complexity index is 850. The molecule has 2 N–H and O–H groups in total. The lowest BCUT2D eigenvalue weighted by Crippen LogP contribution is -2.45. The fourth-order valence-electron chi connectivity index (χ4n) is 3.58. The third kappa shape index (κ3) is 4.34. The van der Waals surface area contributed by atoms with Gasteiger partial charge < -0.3 is 10.4 Å². The van der Waals surface area contributed by atoms with E-state index in [4.69, 9.17) is 5.11 Å². The first kappa shape index (κ1) is 19.0. The van der Waals surface area contributed by atoms with Gasteiger partial charge in [-0.3, -0.25) is 9.69 Å². The van der Waals surface area contributed by atoms with E-state index in [9.17, 15) is 9.59 Å². The average Bonchev–Trinajstić information content (AvgIpc) is 2.67. The highest BCUT2D eigenvalue weighted by atomic mass is 16.4. The van der Waals surface area contributed by atoms with E-state index in [1.165, 1.54) is 23.3 Å². The Balaban J connectivity index is 1.62. The van der Waals surface area contributed by atoms with Gasteiger partial charge in [-0.15, -0.1) is 0 Å². The number of aromatic carboxylic acids is 1. The van der Waals surface area contributed by atoms with E-state index < -0.39 is 5.97 Å². The summed E-state index contributed by atoms with van der Waals surface area (Å²) in [4.78, 5) is 30.1. The Labute approximate surface area is 159 Å². The monoisotopic (exact) mass is 367 g/mol.